The number of carbonyl (C=O) groups is 1. The van der Waals surface area contributed by atoms with E-state index in [0.29, 0.717) is 23.8 Å². The summed E-state index contributed by atoms with van der Waals surface area (Å²) in [7, 11) is 8.24. The number of amides is 1. The molecule has 7 heteroatoms. The quantitative estimate of drug-likeness (QED) is 0.659. The Morgan fingerprint density at radius 1 is 0.966 bits per heavy atom. The van der Waals surface area contributed by atoms with E-state index in [2.05, 4.69) is 5.32 Å². The van der Waals surface area contributed by atoms with E-state index in [9.17, 15) is 4.79 Å². The molecule has 0 saturated carbocycles. The number of hydrogen-bond donors (Lipinski definition) is 1. The van der Waals surface area contributed by atoms with E-state index in [1.807, 2.05) is 55.3 Å². The molecule has 29 heavy (non-hydrogen) atoms. The van der Waals surface area contributed by atoms with Gasteiger partial charge in [0.25, 0.3) is 0 Å². The van der Waals surface area contributed by atoms with Crippen LogP contribution in [0.25, 0.3) is 0 Å². The highest BCUT2D eigenvalue weighted by Crippen LogP contribution is 2.38. The van der Waals surface area contributed by atoms with Gasteiger partial charge in [-0.05, 0) is 37.7 Å². The molecular formula is C22H30N2O5. The minimum atomic E-state index is -0.0806. The molecular weight excluding hydrogens is 372 g/mol. The summed E-state index contributed by atoms with van der Waals surface area (Å²) in [6.07, 6.45) is 0. The fourth-order valence-corrected chi connectivity index (χ4v) is 3.11. The number of rotatable bonds is 10. The fraction of sp³-hybridized carbons (Fsp3) is 0.409. The summed E-state index contributed by atoms with van der Waals surface area (Å²) in [4.78, 5) is 14.5. The van der Waals surface area contributed by atoms with Gasteiger partial charge in [0.05, 0.1) is 35.0 Å². The van der Waals surface area contributed by atoms with E-state index in [4.69, 9.17) is 18.9 Å². The molecule has 158 valence electrons. The standard InChI is InChI=1S/C22H30N2O5/c1-15(17-9-7-8-10-18(17)26-3)24(2)14-21(25)23-13-16-11-19(27-4)22(29-6)20(12-16)28-5/h7-12,15H,13-14H2,1-6H3,(H,23,25). The third-order valence-corrected chi connectivity index (χ3v) is 4.86. The van der Waals surface area contributed by atoms with Crippen molar-refractivity contribution in [1.29, 1.82) is 0 Å². The molecule has 1 unspecified atom stereocenters. The number of carbonyl (C=O) groups excluding carboxylic acids is 1. The summed E-state index contributed by atoms with van der Waals surface area (Å²) in [5.41, 5.74) is 1.89. The van der Waals surface area contributed by atoms with E-state index in [0.717, 1.165) is 16.9 Å². The number of para-hydroxylation sites is 1. The van der Waals surface area contributed by atoms with Crippen LogP contribution in [0.2, 0.25) is 0 Å². The van der Waals surface area contributed by atoms with Gasteiger partial charge in [0.15, 0.2) is 11.5 Å². The summed E-state index contributed by atoms with van der Waals surface area (Å²) in [5, 5.41) is 2.94. The van der Waals surface area contributed by atoms with Gasteiger partial charge in [-0.15, -0.1) is 0 Å². The molecule has 0 aromatic heterocycles. The van der Waals surface area contributed by atoms with Crippen LogP contribution >= 0.6 is 0 Å². The van der Waals surface area contributed by atoms with Crippen LogP contribution in [0.4, 0.5) is 0 Å². The Labute approximate surface area is 172 Å². The first-order valence-electron chi connectivity index (χ1n) is 9.33. The largest absolute Gasteiger partial charge is 0.496 e. The van der Waals surface area contributed by atoms with Crippen molar-refractivity contribution < 1.29 is 23.7 Å². The Morgan fingerprint density at radius 3 is 2.10 bits per heavy atom. The molecule has 0 heterocycles. The molecule has 0 radical (unpaired) electrons. The van der Waals surface area contributed by atoms with Crippen molar-refractivity contribution in [2.75, 3.05) is 42.0 Å². The normalized spacial score (nSPS) is 11.7. The molecule has 7 nitrogen and oxygen atoms in total. The minimum absolute atomic E-state index is 0.0260. The summed E-state index contributed by atoms with van der Waals surface area (Å²) in [5.74, 6) is 2.36. The first-order chi connectivity index (χ1) is 13.9. The second-order valence-corrected chi connectivity index (χ2v) is 6.64. The highest BCUT2D eigenvalue weighted by molar-refractivity contribution is 5.78. The monoisotopic (exact) mass is 402 g/mol. The maximum absolute atomic E-state index is 12.5. The van der Waals surface area contributed by atoms with E-state index in [1.165, 1.54) is 0 Å². The van der Waals surface area contributed by atoms with Crippen molar-refractivity contribution in [1.82, 2.24) is 10.2 Å². The van der Waals surface area contributed by atoms with Crippen molar-refractivity contribution in [2.45, 2.75) is 19.5 Å². The van der Waals surface area contributed by atoms with Gasteiger partial charge in [0, 0.05) is 18.2 Å². The van der Waals surface area contributed by atoms with Crippen LogP contribution < -0.4 is 24.3 Å². The Kier molecular flexibility index (Phi) is 8.15. The lowest BCUT2D eigenvalue weighted by Gasteiger charge is -2.25. The highest BCUT2D eigenvalue weighted by Gasteiger charge is 2.18. The first-order valence-corrected chi connectivity index (χ1v) is 9.33. The molecule has 1 N–H and O–H groups in total. The molecule has 1 amide bonds. The lowest BCUT2D eigenvalue weighted by atomic mass is 10.1. The van der Waals surface area contributed by atoms with Crippen molar-refractivity contribution >= 4 is 5.91 Å². The third kappa shape index (κ3) is 5.54. The highest BCUT2D eigenvalue weighted by atomic mass is 16.5. The van der Waals surface area contributed by atoms with Gasteiger partial charge in [0.1, 0.15) is 5.75 Å². The van der Waals surface area contributed by atoms with Gasteiger partial charge in [-0.3, -0.25) is 9.69 Å². The lowest BCUT2D eigenvalue weighted by molar-refractivity contribution is -0.122. The Balaban J connectivity index is 2.01. The van der Waals surface area contributed by atoms with Gasteiger partial charge in [-0.1, -0.05) is 18.2 Å². The predicted octanol–water partition coefficient (Wildman–Crippen LogP) is 3.03. The van der Waals surface area contributed by atoms with Gasteiger partial charge < -0.3 is 24.3 Å². The summed E-state index contributed by atoms with van der Waals surface area (Å²) < 4.78 is 21.5. The topological polar surface area (TPSA) is 69.3 Å². The van der Waals surface area contributed by atoms with Gasteiger partial charge in [0.2, 0.25) is 11.7 Å². The minimum Gasteiger partial charge on any atom is -0.496 e. The number of nitrogens with one attached hydrogen (secondary N) is 1. The second-order valence-electron chi connectivity index (χ2n) is 6.64. The Bertz CT molecular complexity index is 800. The molecule has 2 aromatic carbocycles. The molecule has 0 fully saturated rings. The van der Waals surface area contributed by atoms with Crippen molar-refractivity contribution in [3.8, 4) is 23.0 Å². The molecule has 2 rings (SSSR count). The number of nitrogens with zero attached hydrogens (tertiary/aromatic N) is 1. The van der Waals surface area contributed by atoms with E-state index in [-0.39, 0.29) is 18.5 Å². The van der Waals surface area contributed by atoms with Crippen LogP contribution in [0.1, 0.15) is 24.1 Å². The summed E-state index contributed by atoms with van der Waals surface area (Å²) in [6, 6.07) is 11.5. The predicted molar refractivity (Wildman–Crippen MR) is 112 cm³/mol. The van der Waals surface area contributed by atoms with Crippen LogP contribution in [0.3, 0.4) is 0 Å². The van der Waals surface area contributed by atoms with Crippen LogP contribution in [0.15, 0.2) is 36.4 Å². The van der Waals surface area contributed by atoms with E-state index >= 15 is 0 Å². The summed E-state index contributed by atoms with van der Waals surface area (Å²) >= 11 is 0. The zero-order valence-corrected chi connectivity index (χ0v) is 17.9. The van der Waals surface area contributed by atoms with Gasteiger partial charge >= 0.3 is 0 Å². The average molecular weight is 402 g/mol. The maximum atomic E-state index is 12.5. The Hall–Kier alpha value is -2.93. The molecule has 2 aromatic rings. The van der Waals surface area contributed by atoms with Crippen LogP contribution in [-0.2, 0) is 11.3 Å². The Morgan fingerprint density at radius 2 is 1.55 bits per heavy atom. The number of methoxy groups -OCH3 is 4. The number of benzene rings is 2. The van der Waals surface area contributed by atoms with Crippen molar-refractivity contribution in [2.24, 2.45) is 0 Å². The van der Waals surface area contributed by atoms with E-state index in [1.54, 1.807) is 28.4 Å². The molecule has 0 aliphatic heterocycles. The van der Waals surface area contributed by atoms with E-state index < -0.39 is 0 Å². The smallest absolute Gasteiger partial charge is 0.234 e. The first kappa shape index (κ1) is 22.4. The lowest BCUT2D eigenvalue weighted by Crippen LogP contribution is -2.36. The number of hydrogen-bond acceptors (Lipinski definition) is 6. The second kappa shape index (κ2) is 10.6. The number of ether oxygens (including phenoxy) is 4. The molecule has 0 bridgehead atoms. The fourth-order valence-electron chi connectivity index (χ4n) is 3.11. The molecule has 0 spiro atoms. The van der Waals surface area contributed by atoms with Crippen molar-refractivity contribution in [3.05, 3.63) is 47.5 Å². The SMILES string of the molecule is COc1ccccc1C(C)N(C)CC(=O)NCc1cc(OC)c(OC)c(OC)c1. The number of likely N-dealkylation sites (N-methyl/N-ethyl adjacent to an activating group) is 1. The van der Waals surface area contributed by atoms with Crippen molar-refractivity contribution in [3.63, 3.8) is 0 Å². The maximum Gasteiger partial charge on any atom is 0.234 e. The third-order valence-electron chi connectivity index (χ3n) is 4.86. The van der Waals surface area contributed by atoms with Crippen LogP contribution in [0.5, 0.6) is 23.0 Å². The van der Waals surface area contributed by atoms with Gasteiger partial charge in [-0.2, -0.15) is 0 Å². The zero-order valence-electron chi connectivity index (χ0n) is 17.9. The molecule has 0 saturated heterocycles. The van der Waals surface area contributed by atoms with Crippen LogP contribution in [-0.4, -0.2) is 52.8 Å². The van der Waals surface area contributed by atoms with Gasteiger partial charge in [-0.25, -0.2) is 0 Å². The van der Waals surface area contributed by atoms with Crippen LogP contribution in [0, 0.1) is 0 Å². The summed E-state index contributed by atoms with van der Waals surface area (Å²) in [6.45, 7) is 2.65. The molecule has 0 aliphatic carbocycles. The molecule has 0 aliphatic rings. The molecule has 1 atom stereocenters. The average Bonchev–Trinajstić information content (AvgIpc) is 2.75. The zero-order chi connectivity index (χ0) is 21.4.